The molecule has 2 saturated heterocycles. The van der Waals surface area contributed by atoms with Crippen molar-refractivity contribution in [3.63, 3.8) is 0 Å². The lowest BCUT2D eigenvalue weighted by Crippen LogP contribution is -2.45. The van der Waals surface area contributed by atoms with E-state index in [4.69, 9.17) is 16.6 Å². The molecule has 9 heteroatoms. The number of hydrogen-bond acceptors (Lipinski definition) is 6. The molecule has 1 N–H and O–H groups in total. The SMILES string of the molecule is O=C(NCC1CCN(Cc2cccc(Cl)c2)CC1)[C@@H]1CCCN(c2ncnc3c2nc2n3CCCC2)C1. The minimum Gasteiger partial charge on any atom is -0.356 e. The first kappa shape index (κ1) is 24.6. The molecular weight excluding hydrogens is 486 g/mol. The van der Waals surface area contributed by atoms with Crippen molar-refractivity contribution < 1.29 is 4.79 Å². The number of nitrogens with zero attached hydrogens (tertiary/aromatic N) is 6. The molecular formula is C28H36ClN7O. The van der Waals surface area contributed by atoms with Crippen molar-refractivity contribution in [1.82, 2.24) is 29.7 Å². The molecule has 3 aliphatic rings. The van der Waals surface area contributed by atoms with Crippen LogP contribution >= 0.6 is 11.6 Å². The number of nitrogens with one attached hydrogen (secondary N) is 1. The molecule has 0 bridgehead atoms. The van der Waals surface area contributed by atoms with E-state index in [9.17, 15) is 4.79 Å². The minimum absolute atomic E-state index is 0.0149. The molecule has 37 heavy (non-hydrogen) atoms. The lowest BCUT2D eigenvalue weighted by molar-refractivity contribution is -0.125. The number of imidazole rings is 1. The molecule has 2 aromatic heterocycles. The molecule has 1 amide bonds. The van der Waals surface area contributed by atoms with Crippen molar-refractivity contribution in [2.45, 2.75) is 58.0 Å². The van der Waals surface area contributed by atoms with Crippen LogP contribution in [0.2, 0.25) is 5.02 Å². The zero-order valence-electron chi connectivity index (χ0n) is 21.4. The summed E-state index contributed by atoms with van der Waals surface area (Å²) in [6.07, 6.45) is 9.14. The Labute approximate surface area is 223 Å². The molecule has 2 fully saturated rings. The predicted octanol–water partition coefficient (Wildman–Crippen LogP) is 4.06. The number of hydrogen-bond donors (Lipinski definition) is 1. The minimum atomic E-state index is -0.0149. The van der Waals surface area contributed by atoms with Crippen LogP contribution < -0.4 is 10.2 Å². The smallest absolute Gasteiger partial charge is 0.224 e. The number of amides is 1. The zero-order chi connectivity index (χ0) is 25.2. The standard InChI is InChI=1S/C28H36ClN7O/c29-23-7-3-5-21(15-23)17-34-13-9-20(10-14-34)16-30-28(37)22-6-4-11-35(18-22)26-25-27(32-19-31-26)36-12-2-1-8-24(36)33-25/h3,5,7,15,19-20,22H,1-2,4,6,8-14,16-18H2,(H,30,37)/t22-/m1/s1. The summed E-state index contributed by atoms with van der Waals surface area (Å²) in [4.78, 5) is 32.0. The molecule has 6 rings (SSSR count). The van der Waals surface area contributed by atoms with E-state index >= 15 is 0 Å². The normalized spacial score (nSPS) is 21.2. The number of benzene rings is 1. The lowest BCUT2D eigenvalue weighted by atomic mass is 9.94. The molecule has 0 radical (unpaired) electrons. The molecule has 196 valence electrons. The van der Waals surface area contributed by atoms with E-state index in [1.807, 2.05) is 12.1 Å². The zero-order valence-corrected chi connectivity index (χ0v) is 22.2. The Morgan fingerprint density at radius 1 is 1.05 bits per heavy atom. The van der Waals surface area contributed by atoms with Crippen molar-refractivity contribution in [3.8, 4) is 0 Å². The van der Waals surface area contributed by atoms with E-state index in [2.05, 4.69) is 41.8 Å². The molecule has 3 aliphatic heterocycles. The summed E-state index contributed by atoms with van der Waals surface area (Å²) >= 11 is 6.14. The van der Waals surface area contributed by atoms with Gasteiger partial charge in [-0.15, -0.1) is 0 Å². The van der Waals surface area contributed by atoms with Gasteiger partial charge in [0, 0.05) is 44.2 Å². The first-order valence-corrected chi connectivity index (χ1v) is 14.2. The average Bonchev–Trinajstić information content (AvgIpc) is 3.31. The molecule has 0 unspecified atom stereocenters. The van der Waals surface area contributed by atoms with Crippen LogP contribution in [0, 0.1) is 11.8 Å². The van der Waals surface area contributed by atoms with Crippen LogP contribution in [0.3, 0.4) is 0 Å². The summed E-state index contributed by atoms with van der Waals surface area (Å²) in [5.41, 5.74) is 3.09. The summed E-state index contributed by atoms with van der Waals surface area (Å²) < 4.78 is 2.25. The Bertz CT molecular complexity index is 1250. The van der Waals surface area contributed by atoms with E-state index in [-0.39, 0.29) is 11.8 Å². The van der Waals surface area contributed by atoms with E-state index in [0.717, 1.165) is 99.2 Å². The summed E-state index contributed by atoms with van der Waals surface area (Å²) in [7, 11) is 0. The van der Waals surface area contributed by atoms with Gasteiger partial charge in [0.1, 0.15) is 12.2 Å². The summed E-state index contributed by atoms with van der Waals surface area (Å²) in [6.45, 7) is 6.40. The van der Waals surface area contributed by atoms with Gasteiger partial charge in [0.2, 0.25) is 5.91 Å². The third-order valence-corrected chi connectivity index (χ3v) is 8.52. The van der Waals surface area contributed by atoms with Crippen LogP contribution in [0.15, 0.2) is 30.6 Å². The van der Waals surface area contributed by atoms with E-state index in [0.29, 0.717) is 12.5 Å². The van der Waals surface area contributed by atoms with Gasteiger partial charge in [0.05, 0.1) is 5.92 Å². The topological polar surface area (TPSA) is 79.2 Å². The Morgan fingerprint density at radius 2 is 1.95 bits per heavy atom. The first-order chi connectivity index (χ1) is 18.1. The molecule has 0 aliphatic carbocycles. The fraction of sp³-hybridized carbons (Fsp3) is 0.571. The van der Waals surface area contributed by atoms with Crippen molar-refractivity contribution in [2.75, 3.05) is 37.6 Å². The highest BCUT2D eigenvalue weighted by Gasteiger charge is 2.30. The number of carbonyl (C=O) groups excluding carboxylic acids is 1. The van der Waals surface area contributed by atoms with Crippen LogP contribution in [-0.4, -0.2) is 63.0 Å². The van der Waals surface area contributed by atoms with Gasteiger partial charge >= 0.3 is 0 Å². The maximum Gasteiger partial charge on any atom is 0.224 e. The number of aromatic nitrogens is 4. The van der Waals surface area contributed by atoms with Crippen LogP contribution in [0.5, 0.6) is 0 Å². The second-order valence-corrected chi connectivity index (χ2v) is 11.3. The molecule has 0 spiro atoms. The van der Waals surface area contributed by atoms with E-state index in [1.165, 1.54) is 18.4 Å². The molecule has 3 aromatic rings. The number of fused-ring (bicyclic) bond motifs is 3. The highest BCUT2D eigenvalue weighted by atomic mass is 35.5. The summed E-state index contributed by atoms with van der Waals surface area (Å²) in [5.74, 6) is 2.71. The second-order valence-electron chi connectivity index (χ2n) is 10.9. The van der Waals surface area contributed by atoms with E-state index < -0.39 is 0 Å². The first-order valence-electron chi connectivity index (χ1n) is 13.8. The lowest BCUT2D eigenvalue weighted by Gasteiger charge is -2.34. The Kier molecular flexibility index (Phi) is 7.29. The average molecular weight is 522 g/mol. The van der Waals surface area contributed by atoms with Crippen LogP contribution in [-0.2, 0) is 24.3 Å². The van der Waals surface area contributed by atoms with Crippen molar-refractivity contribution in [1.29, 1.82) is 0 Å². The number of rotatable bonds is 6. The third-order valence-electron chi connectivity index (χ3n) is 8.28. The maximum absolute atomic E-state index is 13.2. The number of halogens is 1. The quantitative estimate of drug-likeness (QED) is 0.527. The third kappa shape index (κ3) is 5.46. The number of aryl methyl sites for hydroxylation is 2. The van der Waals surface area contributed by atoms with Gasteiger partial charge in [0.25, 0.3) is 0 Å². The number of likely N-dealkylation sites (tertiary alicyclic amines) is 1. The molecule has 1 aromatic carbocycles. The predicted molar refractivity (Wildman–Crippen MR) is 146 cm³/mol. The van der Waals surface area contributed by atoms with E-state index in [1.54, 1.807) is 6.33 Å². The Balaban J connectivity index is 1.02. The number of carbonyl (C=O) groups is 1. The van der Waals surface area contributed by atoms with Crippen molar-refractivity contribution in [2.24, 2.45) is 11.8 Å². The van der Waals surface area contributed by atoms with Crippen molar-refractivity contribution >= 4 is 34.5 Å². The highest BCUT2D eigenvalue weighted by molar-refractivity contribution is 6.30. The van der Waals surface area contributed by atoms with Crippen LogP contribution in [0.1, 0.15) is 49.9 Å². The number of anilines is 1. The largest absolute Gasteiger partial charge is 0.356 e. The molecule has 8 nitrogen and oxygen atoms in total. The van der Waals surface area contributed by atoms with Gasteiger partial charge in [-0.1, -0.05) is 23.7 Å². The van der Waals surface area contributed by atoms with Gasteiger partial charge in [-0.05, 0) is 75.2 Å². The summed E-state index contributed by atoms with van der Waals surface area (Å²) in [6, 6.07) is 8.13. The molecule has 1 atom stereocenters. The Hall–Kier alpha value is -2.71. The van der Waals surface area contributed by atoms with Crippen LogP contribution in [0.25, 0.3) is 11.2 Å². The van der Waals surface area contributed by atoms with Crippen molar-refractivity contribution in [3.05, 3.63) is 47.0 Å². The maximum atomic E-state index is 13.2. The van der Waals surface area contributed by atoms with Gasteiger partial charge in [0.15, 0.2) is 17.0 Å². The van der Waals surface area contributed by atoms with Gasteiger partial charge < -0.3 is 14.8 Å². The number of piperidine rings is 2. The fourth-order valence-electron chi connectivity index (χ4n) is 6.19. The molecule has 0 saturated carbocycles. The fourth-order valence-corrected chi connectivity index (χ4v) is 6.41. The second kappa shape index (κ2) is 11.0. The van der Waals surface area contributed by atoms with Gasteiger partial charge in [-0.2, -0.15) is 0 Å². The van der Waals surface area contributed by atoms with Gasteiger partial charge in [-0.3, -0.25) is 9.69 Å². The highest BCUT2D eigenvalue weighted by Crippen LogP contribution is 2.30. The molecule has 5 heterocycles. The monoisotopic (exact) mass is 521 g/mol. The summed E-state index contributed by atoms with van der Waals surface area (Å²) in [5, 5.41) is 4.08. The Morgan fingerprint density at radius 3 is 2.81 bits per heavy atom. The van der Waals surface area contributed by atoms with Gasteiger partial charge in [-0.25, -0.2) is 15.0 Å². The van der Waals surface area contributed by atoms with Crippen LogP contribution in [0.4, 0.5) is 5.82 Å².